The number of rotatable bonds is 4. The Morgan fingerprint density at radius 3 is 2.77 bits per heavy atom. The number of nitrogens with one attached hydrogen (secondary N) is 2. The molecule has 0 saturated carbocycles. The van der Waals surface area contributed by atoms with Crippen molar-refractivity contribution >= 4 is 40.6 Å². The van der Waals surface area contributed by atoms with Gasteiger partial charge in [-0.05, 0) is 62.4 Å². The topological polar surface area (TPSA) is 71.1 Å². The third kappa shape index (κ3) is 4.14. The normalized spacial score (nSPS) is 18.9. The fourth-order valence-electron chi connectivity index (χ4n) is 3.51. The molecular formula is C19H22ClN3O2S. The van der Waals surface area contributed by atoms with Crippen LogP contribution in [0.2, 0.25) is 0 Å². The summed E-state index contributed by atoms with van der Waals surface area (Å²) in [5, 5.41) is 6.73. The van der Waals surface area contributed by atoms with Crippen molar-refractivity contribution < 1.29 is 9.59 Å². The number of nitrogens with zero attached hydrogens (tertiary/aromatic N) is 1. The average molecular weight is 392 g/mol. The van der Waals surface area contributed by atoms with E-state index in [0.717, 1.165) is 38.0 Å². The number of aryl methyl sites for hydroxylation is 1. The zero-order valence-corrected chi connectivity index (χ0v) is 16.0. The third-order valence-corrected chi connectivity index (χ3v) is 5.95. The Balaban J connectivity index is 0.00000196. The van der Waals surface area contributed by atoms with Crippen LogP contribution in [0, 0.1) is 5.92 Å². The predicted octanol–water partition coefficient (Wildman–Crippen LogP) is 3.49. The van der Waals surface area contributed by atoms with E-state index >= 15 is 0 Å². The van der Waals surface area contributed by atoms with E-state index in [9.17, 15) is 9.59 Å². The standard InChI is InChI=1S/C19H21N3O2S.ClH/c23-16-3-1-2-15-17(16)25-19(21-15)22-18(24)14-6-4-12(5-7-14)10-13-8-9-20-11-13;/h4-7,13,20H,1-3,8-11H2,(H,21,22,24);1H. The number of anilines is 1. The number of halogens is 1. The molecule has 5 nitrogen and oxygen atoms in total. The van der Waals surface area contributed by atoms with Crippen molar-refractivity contribution in [2.24, 2.45) is 5.92 Å². The van der Waals surface area contributed by atoms with E-state index in [-0.39, 0.29) is 24.1 Å². The summed E-state index contributed by atoms with van der Waals surface area (Å²) in [5.41, 5.74) is 2.71. The number of Topliss-reactive ketones (excluding diaryl/α,β-unsaturated/α-hetero) is 1. The number of ketones is 1. The minimum atomic E-state index is -0.173. The van der Waals surface area contributed by atoms with E-state index in [1.165, 1.54) is 23.3 Å². The molecule has 138 valence electrons. The lowest BCUT2D eigenvalue weighted by Crippen LogP contribution is -2.13. The van der Waals surface area contributed by atoms with Gasteiger partial charge in [0.15, 0.2) is 10.9 Å². The SMILES string of the molecule is Cl.O=C(Nc1nc2c(s1)C(=O)CCC2)c1ccc(CC2CCNC2)cc1. The highest BCUT2D eigenvalue weighted by molar-refractivity contribution is 7.17. The summed E-state index contributed by atoms with van der Waals surface area (Å²) in [7, 11) is 0. The molecule has 2 aliphatic rings. The molecule has 4 rings (SSSR count). The molecule has 2 heterocycles. The number of amides is 1. The van der Waals surface area contributed by atoms with Crippen molar-refractivity contribution in [3.05, 3.63) is 46.0 Å². The third-order valence-electron chi connectivity index (χ3n) is 4.89. The highest BCUT2D eigenvalue weighted by Gasteiger charge is 2.23. The van der Waals surface area contributed by atoms with Crippen LogP contribution in [0.25, 0.3) is 0 Å². The fraction of sp³-hybridized carbons (Fsp3) is 0.421. The van der Waals surface area contributed by atoms with E-state index in [2.05, 4.69) is 15.6 Å². The van der Waals surface area contributed by atoms with Gasteiger partial charge in [-0.1, -0.05) is 23.5 Å². The lowest BCUT2D eigenvalue weighted by atomic mass is 9.98. The Kier molecular flexibility index (Phi) is 6.06. The average Bonchev–Trinajstić information content (AvgIpc) is 3.25. The molecular weight excluding hydrogens is 370 g/mol. The smallest absolute Gasteiger partial charge is 0.257 e. The molecule has 1 aromatic carbocycles. The first-order valence-electron chi connectivity index (χ1n) is 8.83. The van der Waals surface area contributed by atoms with Crippen LogP contribution in [-0.4, -0.2) is 29.8 Å². The predicted molar refractivity (Wildman–Crippen MR) is 106 cm³/mol. The number of hydrogen-bond acceptors (Lipinski definition) is 5. The molecule has 1 saturated heterocycles. The van der Waals surface area contributed by atoms with Crippen molar-refractivity contribution in [1.82, 2.24) is 10.3 Å². The Labute approximate surface area is 163 Å². The van der Waals surface area contributed by atoms with Crippen LogP contribution in [0.1, 0.15) is 50.5 Å². The first-order valence-corrected chi connectivity index (χ1v) is 9.64. The van der Waals surface area contributed by atoms with Crippen molar-refractivity contribution in [3.8, 4) is 0 Å². The second-order valence-electron chi connectivity index (χ2n) is 6.79. The molecule has 1 aliphatic heterocycles. The van der Waals surface area contributed by atoms with E-state index in [1.54, 1.807) is 0 Å². The van der Waals surface area contributed by atoms with E-state index in [4.69, 9.17) is 0 Å². The number of fused-ring (bicyclic) bond motifs is 1. The molecule has 7 heteroatoms. The molecule has 2 N–H and O–H groups in total. The quantitative estimate of drug-likeness (QED) is 0.836. The lowest BCUT2D eigenvalue weighted by Gasteiger charge is -2.08. The highest BCUT2D eigenvalue weighted by atomic mass is 35.5. The monoisotopic (exact) mass is 391 g/mol. The summed E-state index contributed by atoms with van der Waals surface area (Å²) in [6.45, 7) is 2.18. The maximum atomic E-state index is 12.4. The molecule has 1 unspecified atom stereocenters. The van der Waals surface area contributed by atoms with Crippen LogP contribution in [0.3, 0.4) is 0 Å². The summed E-state index contributed by atoms with van der Waals surface area (Å²) in [4.78, 5) is 29.4. The molecule has 1 fully saturated rings. The van der Waals surface area contributed by atoms with Gasteiger partial charge in [-0.15, -0.1) is 12.4 Å². The van der Waals surface area contributed by atoms with Gasteiger partial charge in [-0.2, -0.15) is 0 Å². The molecule has 2 aromatic rings. The van der Waals surface area contributed by atoms with Crippen LogP contribution < -0.4 is 10.6 Å². The van der Waals surface area contributed by atoms with Gasteiger partial charge in [-0.3, -0.25) is 14.9 Å². The molecule has 0 radical (unpaired) electrons. The van der Waals surface area contributed by atoms with Crippen molar-refractivity contribution in [3.63, 3.8) is 0 Å². The molecule has 0 bridgehead atoms. The number of carbonyl (C=O) groups excluding carboxylic acids is 2. The van der Waals surface area contributed by atoms with Crippen LogP contribution in [0.4, 0.5) is 5.13 Å². The van der Waals surface area contributed by atoms with Gasteiger partial charge in [-0.25, -0.2) is 4.98 Å². The van der Waals surface area contributed by atoms with Gasteiger partial charge in [0.25, 0.3) is 5.91 Å². The van der Waals surface area contributed by atoms with Gasteiger partial charge < -0.3 is 5.32 Å². The largest absolute Gasteiger partial charge is 0.316 e. The molecule has 1 aliphatic carbocycles. The van der Waals surface area contributed by atoms with Crippen molar-refractivity contribution in [1.29, 1.82) is 0 Å². The first-order chi connectivity index (χ1) is 12.2. The van der Waals surface area contributed by atoms with E-state index < -0.39 is 0 Å². The fourth-order valence-corrected chi connectivity index (χ4v) is 4.48. The summed E-state index contributed by atoms with van der Waals surface area (Å²) in [6.07, 6.45) is 4.52. The number of carbonyl (C=O) groups is 2. The highest BCUT2D eigenvalue weighted by Crippen LogP contribution is 2.29. The first kappa shape index (κ1) is 19.0. The number of thiazole rings is 1. The Bertz CT molecular complexity index is 798. The van der Waals surface area contributed by atoms with Gasteiger partial charge in [0.05, 0.1) is 10.6 Å². The second kappa shape index (κ2) is 8.29. The van der Waals surface area contributed by atoms with Crippen LogP contribution >= 0.6 is 23.7 Å². The zero-order chi connectivity index (χ0) is 17.2. The molecule has 0 spiro atoms. The van der Waals surface area contributed by atoms with Crippen molar-refractivity contribution in [2.75, 3.05) is 18.4 Å². The van der Waals surface area contributed by atoms with E-state index in [0.29, 0.717) is 27.9 Å². The maximum Gasteiger partial charge on any atom is 0.257 e. The maximum absolute atomic E-state index is 12.4. The van der Waals surface area contributed by atoms with Gasteiger partial charge >= 0.3 is 0 Å². The lowest BCUT2D eigenvalue weighted by molar-refractivity contribution is 0.0975. The van der Waals surface area contributed by atoms with Gasteiger partial charge in [0.2, 0.25) is 0 Å². The van der Waals surface area contributed by atoms with Gasteiger partial charge in [0, 0.05) is 12.0 Å². The van der Waals surface area contributed by atoms with Gasteiger partial charge in [0.1, 0.15) is 0 Å². The number of aromatic nitrogens is 1. The number of hydrogen-bond donors (Lipinski definition) is 2. The Hall–Kier alpha value is -1.76. The number of benzene rings is 1. The Morgan fingerprint density at radius 2 is 2.08 bits per heavy atom. The van der Waals surface area contributed by atoms with Crippen LogP contribution in [0.5, 0.6) is 0 Å². The zero-order valence-electron chi connectivity index (χ0n) is 14.4. The minimum Gasteiger partial charge on any atom is -0.316 e. The summed E-state index contributed by atoms with van der Waals surface area (Å²) < 4.78 is 0. The van der Waals surface area contributed by atoms with Crippen LogP contribution in [-0.2, 0) is 12.8 Å². The molecule has 26 heavy (non-hydrogen) atoms. The molecule has 1 atom stereocenters. The molecule has 1 amide bonds. The van der Waals surface area contributed by atoms with Crippen molar-refractivity contribution in [2.45, 2.75) is 32.1 Å². The summed E-state index contributed by atoms with van der Waals surface area (Å²) >= 11 is 1.29. The van der Waals surface area contributed by atoms with Crippen LogP contribution in [0.15, 0.2) is 24.3 Å². The Morgan fingerprint density at radius 1 is 1.27 bits per heavy atom. The van der Waals surface area contributed by atoms with E-state index in [1.807, 2.05) is 24.3 Å². The summed E-state index contributed by atoms with van der Waals surface area (Å²) in [6, 6.07) is 7.80. The molecule has 1 aromatic heterocycles. The minimum absolute atomic E-state index is 0. The summed E-state index contributed by atoms with van der Waals surface area (Å²) in [5.74, 6) is 0.663. The second-order valence-corrected chi connectivity index (χ2v) is 7.78.